The van der Waals surface area contributed by atoms with Gasteiger partial charge in [0.1, 0.15) is 21.8 Å². The molecule has 23 heavy (non-hydrogen) atoms. The van der Waals surface area contributed by atoms with Crippen LogP contribution in [-0.2, 0) is 0 Å². The first-order valence-corrected chi connectivity index (χ1v) is 7.88. The fourth-order valence-electron chi connectivity index (χ4n) is 2.19. The number of hydrogen-bond donors (Lipinski definition) is 0. The van der Waals surface area contributed by atoms with Crippen LogP contribution in [-0.4, -0.2) is 39.4 Å². The van der Waals surface area contributed by atoms with Crippen LogP contribution in [0.25, 0.3) is 11.3 Å². The molecule has 0 aliphatic rings. The van der Waals surface area contributed by atoms with Crippen LogP contribution in [0.15, 0.2) is 24.4 Å². The fourth-order valence-corrected chi connectivity index (χ4v) is 2.93. The van der Waals surface area contributed by atoms with Gasteiger partial charge in [-0.25, -0.2) is 4.68 Å². The molecule has 0 saturated heterocycles. The maximum absolute atomic E-state index is 5.33. The Bertz CT molecular complexity index is 814. The predicted molar refractivity (Wildman–Crippen MR) is 87.0 cm³/mol. The van der Waals surface area contributed by atoms with Crippen molar-refractivity contribution >= 4 is 11.3 Å². The SMILES string of the molecule is COc1ccc(-c2cn(C(C)c3nnc(C)s3)nn2)cc1OC. The third-order valence-electron chi connectivity index (χ3n) is 3.49. The van der Waals surface area contributed by atoms with Crippen molar-refractivity contribution in [3.63, 3.8) is 0 Å². The Morgan fingerprint density at radius 1 is 1.09 bits per heavy atom. The van der Waals surface area contributed by atoms with Gasteiger partial charge in [0.15, 0.2) is 11.5 Å². The molecule has 120 valence electrons. The monoisotopic (exact) mass is 331 g/mol. The molecule has 1 aromatic carbocycles. The highest BCUT2D eigenvalue weighted by Gasteiger charge is 2.16. The lowest BCUT2D eigenvalue weighted by atomic mass is 10.1. The zero-order valence-electron chi connectivity index (χ0n) is 13.3. The summed E-state index contributed by atoms with van der Waals surface area (Å²) < 4.78 is 12.4. The van der Waals surface area contributed by atoms with E-state index in [0.717, 1.165) is 21.3 Å². The molecule has 1 unspecified atom stereocenters. The number of methoxy groups -OCH3 is 2. The van der Waals surface area contributed by atoms with Crippen molar-refractivity contribution in [3.8, 4) is 22.8 Å². The molecule has 3 aromatic rings. The third kappa shape index (κ3) is 3.02. The van der Waals surface area contributed by atoms with E-state index >= 15 is 0 Å². The summed E-state index contributed by atoms with van der Waals surface area (Å²) >= 11 is 1.56. The van der Waals surface area contributed by atoms with E-state index in [9.17, 15) is 0 Å². The lowest BCUT2D eigenvalue weighted by molar-refractivity contribution is 0.355. The number of aryl methyl sites for hydroxylation is 1. The summed E-state index contributed by atoms with van der Waals surface area (Å²) in [6.07, 6.45) is 1.89. The molecular weight excluding hydrogens is 314 g/mol. The zero-order valence-corrected chi connectivity index (χ0v) is 14.2. The van der Waals surface area contributed by atoms with Crippen LogP contribution in [0, 0.1) is 6.92 Å². The highest BCUT2D eigenvalue weighted by Crippen LogP contribution is 2.32. The summed E-state index contributed by atoms with van der Waals surface area (Å²) in [6.45, 7) is 3.96. The second-order valence-corrected chi connectivity index (χ2v) is 6.20. The highest BCUT2D eigenvalue weighted by atomic mass is 32.1. The van der Waals surface area contributed by atoms with Gasteiger partial charge in [-0.1, -0.05) is 16.6 Å². The number of aromatic nitrogens is 5. The second-order valence-electron chi connectivity index (χ2n) is 4.99. The molecule has 0 fully saturated rings. The van der Waals surface area contributed by atoms with Crippen molar-refractivity contribution in [1.29, 1.82) is 0 Å². The molecule has 3 rings (SSSR count). The van der Waals surface area contributed by atoms with E-state index in [4.69, 9.17) is 9.47 Å². The Balaban J connectivity index is 1.90. The van der Waals surface area contributed by atoms with Gasteiger partial charge >= 0.3 is 0 Å². The predicted octanol–water partition coefficient (Wildman–Crippen LogP) is 2.73. The molecule has 0 bridgehead atoms. The quantitative estimate of drug-likeness (QED) is 0.715. The van der Waals surface area contributed by atoms with Crippen LogP contribution in [0.2, 0.25) is 0 Å². The molecule has 0 amide bonds. The minimum atomic E-state index is -0.0115. The van der Waals surface area contributed by atoms with Gasteiger partial charge < -0.3 is 9.47 Å². The second kappa shape index (κ2) is 6.33. The molecule has 8 heteroatoms. The normalized spacial score (nSPS) is 12.2. The van der Waals surface area contributed by atoms with Gasteiger partial charge in [0.2, 0.25) is 0 Å². The van der Waals surface area contributed by atoms with Crippen molar-refractivity contribution in [2.75, 3.05) is 14.2 Å². The van der Waals surface area contributed by atoms with Crippen LogP contribution in [0.1, 0.15) is 23.0 Å². The average Bonchev–Trinajstić information content (AvgIpc) is 3.22. The molecule has 0 aliphatic carbocycles. The molecule has 1 atom stereocenters. The van der Waals surface area contributed by atoms with Crippen molar-refractivity contribution < 1.29 is 9.47 Å². The number of rotatable bonds is 5. The Hall–Kier alpha value is -2.48. The summed E-state index contributed by atoms with van der Waals surface area (Å²) in [5, 5.41) is 18.5. The molecular formula is C15H17N5O2S. The Morgan fingerprint density at radius 3 is 2.52 bits per heavy atom. The molecule has 2 aromatic heterocycles. The van der Waals surface area contributed by atoms with E-state index in [1.807, 2.05) is 38.2 Å². The molecule has 0 radical (unpaired) electrons. The standard InChI is InChI=1S/C15H17N5O2S/c1-9(15-18-16-10(2)23-15)20-8-12(17-19-20)11-5-6-13(21-3)14(7-11)22-4/h5-9H,1-4H3. The van der Waals surface area contributed by atoms with Crippen LogP contribution in [0.3, 0.4) is 0 Å². The van der Waals surface area contributed by atoms with Crippen molar-refractivity contribution in [2.24, 2.45) is 0 Å². The topological polar surface area (TPSA) is 75.0 Å². The van der Waals surface area contributed by atoms with Crippen LogP contribution >= 0.6 is 11.3 Å². The van der Waals surface area contributed by atoms with E-state index in [1.54, 1.807) is 30.2 Å². The van der Waals surface area contributed by atoms with Crippen molar-refractivity contribution in [1.82, 2.24) is 25.2 Å². The van der Waals surface area contributed by atoms with Gasteiger partial charge in [0, 0.05) is 5.56 Å². The van der Waals surface area contributed by atoms with Gasteiger partial charge in [0.05, 0.1) is 20.4 Å². The Labute approximate surface area is 137 Å². The lowest BCUT2D eigenvalue weighted by Gasteiger charge is -2.08. The van der Waals surface area contributed by atoms with Gasteiger partial charge in [-0.15, -0.1) is 15.3 Å². The zero-order chi connectivity index (χ0) is 16.4. The summed E-state index contributed by atoms with van der Waals surface area (Å²) in [5.74, 6) is 1.34. The number of nitrogens with zero attached hydrogens (tertiary/aromatic N) is 5. The highest BCUT2D eigenvalue weighted by molar-refractivity contribution is 7.11. The van der Waals surface area contributed by atoms with Crippen LogP contribution in [0.4, 0.5) is 0 Å². The summed E-state index contributed by atoms with van der Waals surface area (Å²) in [5.41, 5.74) is 1.67. The molecule has 0 N–H and O–H groups in total. The van der Waals surface area contributed by atoms with Crippen LogP contribution in [0.5, 0.6) is 11.5 Å². The first-order chi connectivity index (χ1) is 11.1. The summed E-state index contributed by atoms with van der Waals surface area (Å²) in [7, 11) is 3.22. The first kappa shape index (κ1) is 15.4. The van der Waals surface area contributed by atoms with E-state index < -0.39 is 0 Å². The smallest absolute Gasteiger partial charge is 0.161 e. The summed E-state index contributed by atoms with van der Waals surface area (Å²) in [4.78, 5) is 0. The number of benzene rings is 1. The van der Waals surface area contributed by atoms with Gasteiger partial charge in [-0.2, -0.15) is 0 Å². The first-order valence-electron chi connectivity index (χ1n) is 7.06. The van der Waals surface area contributed by atoms with Crippen molar-refractivity contribution in [2.45, 2.75) is 19.9 Å². The minimum Gasteiger partial charge on any atom is -0.493 e. The number of ether oxygens (including phenoxy) is 2. The summed E-state index contributed by atoms with van der Waals surface area (Å²) in [6, 6.07) is 5.65. The molecule has 0 spiro atoms. The molecule has 7 nitrogen and oxygen atoms in total. The third-order valence-corrected chi connectivity index (χ3v) is 4.49. The molecule has 2 heterocycles. The molecule has 0 saturated carbocycles. The largest absolute Gasteiger partial charge is 0.493 e. The minimum absolute atomic E-state index is 0.0115. The van der Waals surface area contributed by atoms with Gasteiger partial charge in [0.25, 0.3) is 0 Å². The van der Waals surface area contributed by atoms with Gasteiger partial charge in [-0.3, -0.25) is 0 Å². The maximum Gasteiger partial charge on any atom is 0.161 e. The van der Waals surface area contributed by atoms with E-state index in [-0.39, 0.29) is 6.04 Å². The molecule has 0 aliphatic heterocycles. The Kier molecular flexibility index (Phi) is 4.24. The van der Waals surface area contributed by atoms with E-state index in [1.165, 1.54) is 0 Å². The average molecular weight is 331 g/mol. The maximum atomic E-state index is 5.33. The van der Waals surface area contributed by atoms with Gasteiger partial charge in [-0.05, 0) is 32.0 Å². The van der Waals surface area contributed by atoms with E-state index in [0.29, 0.717) is 11.5 Å². The fraction of sp³-hybridized carbons (Fsp3) is 0.333. The van der Waals surface area contributed by atoms with Crippen LogP contribution < -0.4 is 9.47 Å². The van der Waals surface area contributed by atoms with Crippen molar-refractivity contribution in [3.05, 3.63) is 34.4 Å². The van der Waals surface area contributed by atoms with E-state index in [2.05, 4.69) is 20.5 Å². The number of hydrogen-bond acceptors (Lipinski definition) is 7. The lowest BCUT2D eigenvalue weighted by Crippen LogP contribution is -2.07. The Morgan fingerprint density at radius 2 is 1.87 bits per heavy atom.